The average Bonchev–Trinajstić information content (AvgIpc) is 2.85. The summed E-state index contributed by atoms with van der Waals surface area (Å²) in [7, 11) is 0. The van der Waals surface area contributed by atoms with Gasteiger partial charge in [0.2, 0.25) is 0 Å². The molecular formula is C18H13NO5S. The first-order chi connectivity index (χ1) is 11.9. The van der Waals surface area contributed by atoms with Crippen LogP contribution >= 0.6 is 11.8 Å². The van der Waals surface area contributed by atoms with Crippen molar-refractivity contribution in [2.45, 2.75) is 6.54 Å². The van der Waals surface area contributed by atoms with E-state index in [2.05, 4.69) is 0 Å². The highest BCUT2D eigenvalue weighted by Gasteiger charge is 2.35. The number of nitrogens with zero attached hydrogens (tertiary/aromatic N) is 1. The number of rotatable bonds is 4. The molecule has 1 aliphatic rings. The third-order valence-electron chi connectivity index (χ3n) is 3.58. The van der Waals surface area contributed by atoms with Crippen LogP contribution in [0.2, 0.25) is 0 Å². The van der Waals surface area contributed by atoms with Crippen molar-refractivity contribution in [1.29, 1.82) is 0 Å². The largest absolute Gasteiger partial charge is 0.508 e. The highest BCUT2D eigenvalue weighted by Crippen LogP contribution is 2.33. The van der Waals surface area contributed by atoms with Crippen molar-refractivity contribution in [2.75, 3.05) is 0 Å². The molecule has 3 rings (SSSR count). The minimum atomic E-state index is -1.07. The van der Waals surface area contributed by atoms with Crippen molar-refractivity contribution in [3.05, 3.63) is 70.1 Å². The van der Waals surface area contributed by atoms with Gasteiger partial charge in [-0.25, -0.2) is 4.79 Å². The zero-order valence-corrected chi connectivity index (χ0v) is 13.7. The third kappa shape index (κ3) is 3.72. The van der Waals surface area contributed by atoms with Gasteiger partial charge in [0.25, 0.3) is 11.1 Å². The van der Waals surface area contributed by atoms with Crippen molar-refractivity contribution in [1.82, 2.24) is 4.90 Å². The van der Waals surface area contributed by atoms with Gasteiger partial charge in [-0.3, -0.25) is 14.5 Å². The lowest BCUT2D eigenvalue weighted by atomic mass is 10.1. The fraction of sp³-hybridized carbons (Fsp3) is 0.0556. The Morgan fingerprint density at radius 3 is 2.52 bits per heavy atom. The van der Waals surface area contributed by atoms with Crippen LogP contribution < -0.4 is 0 Å². The number of thioether (sulfide) groups is 1. The Bertz CT molecular complexity index is 889. The molecule has 25 heavy (non-hydrogen) atoms. The van der Waals surface area contributed by atoms with E-state index < -0.39 is 17.1 Å². The maximum absolute atomic E-state index is 12.5. The number of amides is 2. The summed E-state index contributed by atoms with van der Waals surface area (Å²) >= 11 is 0.830. The Kier molecular flexibility index (Phi) is 4.58. The summed E-state index contributed by atoms with van der Waals surface area (Å²) in [5.74, 6) is -1.38. The number of aromatic hydroxyl groups is 1. The molecule has 7 heteroatoms. The van der Waals surface area contributed by atoms with Gasteiger partial charge in [0.05, 0.1) is 17.0 Å². The van der Waals surface area contributed by atoms with Gasteiger partial charge in [-0.05, 0) is 53.2 Å². The maximum Gasteiger partial charge on any atom is 0.335 e. The molecule has 0 unspecified atom stereocenters. The number of benzene rings is 2. The molecule has 126 valence electrons. The fourth-order valence-electron chi connectivity index (χ4n) is 2.34. The summed E-state index contributed by atoms with van der Waals surface area (Å²) in [5, 5.41) is 17.9. The number of imide groups is 1. The topological polar surface area (TPSA) is 94.9 Å². The molecule has 6 nitrogen and oxygen atoms in total. The van der Waals surface area contributed by atoms with Crippen LogP contribution in [-0.4, -0.2) is 32.2 Å². The molecule has 1 saturated heterocycles. The molecule has 0 aliphatic carbocycles. The number of carbonyl (C=O) groups is 3. The van der Waals surface area contributed by atoms with E-state index >= 15 is 0 Å². The zero-order chi connectivity index (χ0) is 18.0. The standard InChI is InChI=1S/C18H13NO5S/c20-14-6-4-11(5-7-14)9-15-16(21)19(18(24)25-15)10-12-2-1-3-13(8-12)17(22)23/h1-9,20H,10H2,(H,22,23). The van der Waals surface area contributed by atoms with Gasteiger partial charge in [0.1, 0.15) is 5.75 Å². The quantitative estimate of drug-likeness (QED) is 0.817. The van der Waals surface area contributed by atoms with E-state index in [1.165, 1.54) is 24.3 Å². The predicted molar refractivity (Wildman–Crippen MR) is 93.0 cm³/mol. The molecular weight excluding hydrogens is 342 g/mol. The van der Waals surface area contributed by atoms with Crippen LogP contribution in [0.3, 0.4) is 0 Å². The van der Waals surface area contributed by atoms with E-state index in [4.69, 9.17) is 5.11 Å². The second-order valence-corrected chi connectivity index (χ2v) is 6.36. The molecule has 2 aromatic carbocycles. The van der Waals surface area contributed by atoms with Gasteiger partial charge < -0.3 is 10.2 Å². The third-order valence-corrected chi connectivity index (χ3v) is 4.49. The Morgan fingerprint density at radius 2 is 1.84 bits per heavy atom. The lowest BCUT2D eigenvalue weighted by Crippen LogP contribution is -2.27. The van der Waals surface area contributed by atoms with Crippen molar-refractivity contribution >= 4 is 35.0 Å². The first kappa shape index (κ1) is 16.8. The summed E-state index contributed by atoms with van der Waals surface area (Å²) in [6, 6.07) is 12.4. The highest BCUT2D eigenvalue weighted by atomic mass is 32.2. The van der Waals surface area contributed by atoms with Crippen molar-refractivity contribution in [3.63, 3.8) is 0 Å². The molecule has 0 spiro atoms. The maximum atomic E-state index is 12.5. The molecule has 0 radical (unpaired) electrons. The smallest absolute Gasteiger partial charge is 0.335 e. The summed E-state index contributed by atoms with van der Waals surface area (Å²) < 4.78 is 0. The SMILES string of the molecule is O=C(O)c1cccc(CN2C(=O)SC(=Cc3ccc(O)cc3)C2=O)c1. The average molecular weight is 355 g/mol. The molecule has 1 fully saturated rings. The van der Waals surface area contributed by atoms with E-state index in [-0.39, 0.29) is 22.8 Å². The molecule has 0 bridgehead atoms. The van der Waals surface area contributed by atoms with Gasteiger partial charge in [0.15, 0.2) is 0 Å². The molecule has 0 atom stereocenters. The van der Waals surface area contributed by atoms with Crippen molar-refractivity contribution < 1.29 is 24.6 Å². The normalized spacial score (nSPS) is 15.8. The van der Waals surface area contributed by atoms with Crippen LogP contribution in [0.25, 0.3) is 6.08 Å². The zero-order valence-electron chi connectivity index (χ0n) is 12.9. The van der Waals surface area contributed by atoms with Gasteiger partial charge in [-0.1, -0.05) is 24.3 Å². The van der Waals surface area contributed by atoms with Crippen molar-refractivity contribution in [3.8, 4) is 5.75 Å². The molecule has 1 heterocycles. The number of carboxylic acids is 1. The monoisotopic (exact) mass is 355 g/mol. The van der Waals surface area contributed by atoms with Crippen LogP contribution in [0.15, 0.2) is 53.4 Å². The minimum Gasteiger partial charge on any atom is -0.508 e. The number of hydrogen-bond acceptors (Lipinski definition) is 5. The van der Waals surface area contributed by atoms with E-state index in [0.717, 1.165) is 16.7 Å². The first-order valence-corrected chi connectivity index (χ1v) is 8.12. The molecule has 2 amide bonds. The Balaban J connectivity index is 1.81. The predicted octanol–water partition coefficient (Wildman–Crippen LogP) is 3.33. The van der Waals surface area contributed by atoms with Crippen LogP contribution in [0.5, 0.6) is 5.75 Å². The Morgan fingerprint density at radius 1 is 1.12 bits per heavy atom. The molecule has 0 saturated carbocycles. The Hall–Kier alpha value is -3.06. The summed E-state index contributed by atoms with van der Waals surface area (Å²) in [4.78, 5) is 37.0. The highest BCUT2D eigenvalue weighted by molar-refractivity contribution is 8.18. The number of hydrogen-bond donors (Lipinski definition) is 2. The van der Waals surface area contributed by atoms with E-state index in [1.54, 1.807) is 30.3 Å². The first-order valence-electron chi connectivity index (χ1n) is 7.30. The molecule has 2 N–H and O–H groups in total. The van der Waals surface area contributed by atoms with Crippen LogP contribution in [-0.2, 0) is 11.3 Å². The number of aromatic carboxylic acids is 1. The molecule has 0 aromatic heterocycles. The summed E-state index contributed by atoms with van der Waals surface area (Å²) in [6.45, 7) is 0.0126. The minimum absolute atomic E-state index is 0.0126. The van der Waals surface area contributed by atoms with Crippen LogP contribution in [0.1, 0.15) is 21.5 Å². The number of phenols is 1. The van der Waals surface area contributed by atoms with Crippen LogP contribution in [0.4, 0.5) is 4.79 Å². The molecule has 1 aliphatic heterocycles. The lowest BCUT2D eigenvalue weighted by molar-refractivity contribution is -0.123. The second kappa shape index (κ2) is 6.82. The van der Waals surface area contributed by atoms with Crippen LogP contribution in [0, 0.1) is 0 Å². The number of phenolic OH excluding ortho intramolecular Hbond substituents is 1. The van der Waals surface area contributed by atoms with E-state index in [0.29, 0.717) is 11.1 Å². The van der Waals surface area contributed by atoms with Gasteiger partial charge in [0, 0.05) is 0 Å². The van der Waals surface area contributed by atoms with Gasteiger partial charge >= 0.3 is 5.97 Å². The second-order valence-electron chi connectivity index (χ2n) is 5.36. The number of carboxylic acid groups (broad SMARTS) is 1. The summed E-state index contributed by atoms with van der Waals surface area (Å²) in [6.07, 6.45) is 1.58. The molecule has 2 aromatic rings. The fourth-order valence-corrected chi connectivity index (χ4v) is 3.18. The number of carbonyl (C=O) groups excluding carboxylic acids is 2. The van der Waals surface area contributed by atoms with Gasteiger partial charge in [-0.2, -0.15) is 0 Å². The summed E-state index contributed by atoms with van der Waals surface area (Å²) in [5.41, 5.74) is 1.35. The van der Waals surface area contributed by atoms with Crippen molar-refractivity contribution in [2.24, 2.45) is 0 Å². The Labute approximate surface area is 147 Å². The lowest BCUT2D eigenvalue weighted by Gasteiger charge is -2.12. The van der Waals surface area contributed by atoms with E-state index in [9.17, 15) is 19.5 Å². The van der Waals surface area contributed by atoms with E-state index in [1.807, 2.05) is 0 Å². The van der Waals surface area contributed by atoms with Gasteiger partial charge in [-0.15, -0.1) is 0 Å².